The molecule has 2 amide bonds. The smallest absolute Gasteiger partial charge is 0.243 e. The molecule has 2 aromatic carbocycles. The van der Waals surface area contributed by atoms with Crippen LogP contribution in [0.4, 0.5) is 0 Å². The van der Waals surface area contributed by atoms with Gasteiger partial charge in [0.2, 0.25) is 11.8 Å². The molecule has 2 heterocycles. The van der Waals surface area contributed by atoms with Gasteiger partial charge in [-0.3, -0.25) is 9.59 Å². The minimum atomic E-state index is -0.117. The van der Waals surface area contributed by atoms with Crippen molar-refractivity contribution in [1.29, 1.82) is 0 Å². The van der Waals surface area contributed by atoms with E-state index in [4.69, 9.17) is 0 Å². The standard InChI is InChI=1S/C26H29N5O2/c1-19-18-20(2)31(28-19)23-10-8-21(9-11-23)14-16-27-25(32)12-13-26(33)30-17-15-24(29-30)22-6-4-3-5-7-22/h3-11,18H,12-17H2,1-2H3,(H,27,32). The van der Waals surface area contributed by atoms with Crippen molar-refractivity contribution in [3.05, 3.63) is 83.2 Å². The maximum absolute atomic E-state index is 12.4. The first-order valence-electron chi connectivity index (χ1n) is 11.3. The molecule has 4 rings (SSSR count). The van der Waals surface area contributed by atoms with Crippen LogP contribution in [0.1, 0.15) is 41.8 Å². The van der Waals surface area contributed by atoms with Crippen LogP contribution in [0.5, 0.6) is 0 Å². The zero-order valence-corrected chi connectivity index (χ0v) is 19.1. The van der Waals surface area contributed by atoms with E-state index < -0.39 is 0 Å². The summed E-state index contributed by atoms with van der Waals surface area (Å²) in [6, 6.07) is 20.1. The molecule has 33 heavy (non-hydrogen) atoms. The van der Waals surface area contributed by atoms with Gasteiger partial charge < -0.3 is 5.32 Å². The monoisotopic (exact) mass is 443 g/mol. The van der Waals surface area contributed by atoms with Gasteiger partial charge >= 0.3 is 0 Å². The van der Waals surface area contributed by atoms with Gasteiger partial charge in [0.15, 0.2) is 0 Å². The molecule has 3 aromatic rings. The summed E-state index contributed by atoms with van der Waals surface area (Å²) in [6.45, 7) is 5.12. The van der Waals surface area contributed by atoms with Gasteiger partial charge in [0.05, 0.1) is 23.6 Å². The van der Waals surface area contributed by atoms with Crippen LogP contribution in [0.25, 0.3) is 5.69 Å². The van der Waals surface area contributed by atoms with Crippen LogP contribution in [0.3, 0.4) is 0 Å². The summed E-state index contributed by atoms with van der Waals surface area (Å²) in [5.41, 5.74) is 6.19. The van der Waals surface area contributed by atoms with Crippen LogP contribution in [-0.2, 0) is 16.0 Å². The predicted molar refractivity (Wildman–Crippen MR) is 128 cm³/mol. The van der Waals surface area contributed by atoms with Crippen LogP contribution in [-0.4, -0.2) is 45.4 Å². The highest BCUT2D eigenvalue weighted by molar-refractivity contribution is 6.02. The van der Waals surface area contributed by atoms with Crippen LogP contribution in [0, 0.1) is 13.8 Å². The van der Waals surface area contributed by atoms with Crippen LogP contribution >= 0.6 is 0 Å². The topological polar surface area (TPSA) is 79.6 Å². The van der Waals surface area contributed by atoms with Gasteiger partial charge in [-0.1, -0.05) is 42.5 Å². The van der Waals surface area contributed by atoms with Gasteiger partial charge in [0, 0.05) is 31.5 Å². The number of aromatic nitrogens is 2. The number of amides is 2. The molecule has 1 aliphatic heterocycles. The Morgan fingerprint density at radius 3 is 2.45 bits per heavy atom. The van der Waals surface area contributed by atoms with E-state index in [1.165, 1.54) is 5.01 Å². The van der Waals surface area contributed by atoms with Crippen LogP contribution < -0.4 is 5.32 Å². The minimum Gasteiger partial charge on any atom is -0.356 e. The van der Waals surface area contributed by atoms with E-state index in [0.717, 1.165) is 46.8 Å². The Morgan fingerprint density at radius 1 is 1.00 bits per heavy atom. The third-order valence-corrected chi connectivity index (χ3v) is 5.69. The number of nitrogens with zero attached hydrogens (tertiary/aromatic N) is 4. The molecular formula is C26H29N5O2. The zero-order chi connectivity index (χ0) is 23.2. The molecule has 0 aliphatic carbocycles. The van der Waals surface area contributed by atoms with Crippen molar-refractivity contribution in [2.45, 2.75) is 39.5 Å². The molecule has 1 N–H and O–H groups in total. The summed E-state index contributed by atoms with van der Waals surface area (Å²) in [6.07, 6.45) is 1.80. The zero-order valence-electron chi connectivity index (χ0n) is 19.1. The van der Waals surface area contributed by atoms with E-state index >= 15 is 0 Å². The number of carbonyl (C=O) groups is 2. The van der Waals surface area contributed by atoms with Gasteiger partial charge in [-0.2, -0.15) is 10.2 Å². The summed E-state index contributed by atoms with van der Waals surface area (Å²) in [4.78, 5) is 24.6. The van der Waals surface area contributed by atoms with Gasteiger partial charge in [-0.05, 0) is 49.6 Å². The molecule has 1 aromatic heterocycles. The maximum atomic E-state index is 12.4. The molecule has 170 valence electrons. The lowest BCUT2D eigenvalue weighted by Gasteiger charge is -2.11. The average molecular weight is 444 g/mol. The first kappa shape index (κ1) is 22.5. The van der Waals surface area contributed by atoms with Gasteiger partial charge in [-0.15, -0.1) is 0 Å². The first-order valence-corrected chi connectivity index (χ1v) is 11.3. The molecule has 1 aliphatic rings. The molecule has 0 spiro atoms. The molecule has 0 saturated carbocycles. The normalized spacial score (nSPS) is 13.2. The maximum Gasteiger partial charge on any atom is 0.243 e. The molecule has 0 saturated heterocycles. The van der Waals surface area contributed by atoms with Gasteiger partial charge in [0.25, 0.3) is 0 Å². The second-order valence-electron chi connectivity index (χ2n) is 8.28. The number of rotatable bonds is 8. The number of carbonyl (C=O) groups excluding carboxylic acids is 2. The van der Waals surface area contributed by atoms with Crippen LogP contribution in [0.15, 0.2) is 65.8 Å². The molecule has 0 atom stereocenters. The second-order valence-corrected chi connectivity index (χ2v) is 8.28. The fourth-order valence-corrected chi connectivity index (χ4v) is 3.95. The average Bonchev–Trinajstić information content (AvgIpc) is 3.45. The highest BCUT2D eigenvalue weighted by Gasteiger charge is 2.21. The second kappa shape index (κ2) is 10.3. The lowest BCUT2D eigenvalue weighted by Crippen LogP contribution is -2.29. The minimum absolute atomic E-state index is 0.115. The number of aryl methyl sites for hydroxylation is 2. The summed E-state index contributed by atoms with van der Waals surface area (Å²) < 4.78 is 1.92. The fourth-order valence-electron chi connectivity index (χ4n) is 3.95. The molecule has 0 radical (unpaired) electrons. The highest BCUT2D eigenvalue weighted by Crippen LogP contribution is 2.15. The summed E-state index contributed by atoms with van der Waals surface area (Å²) in [5, 5.41) is 13.3. The molecular weight excluding hydrogens is 414 g/mol. The summed E-state index contributed by atoms with van der Waals surface area (Å²) in [5.74, 6) is -0.232. The van der Waals surface area contributed by atoms with E-state index in [1.54, 1.807) is 0 Å². The SMILES string of the molecule is Cc1cc(C)n(-c2ccc(CCNC(=O)CCC(=O)N3CCC(c4ccccc4)=N3)cc2)n1. The largest absolute Gasteiger partial charge is 0.356 e. The van der Waals surface area contributed by atoms with Gasteiger partial charge in [-0.25, -0.2) is 9.69 Å². The highest BCUT2D eigenvalue weighted by atomic mass is 16.2. The molecule has 7 heteroatoms. The summed E-state index contributed by atoms with van der Waals surface area (Å²) in [7, 11) is 0. The van der Waals surface area contributed by atoms with Crippen molar-refractivity contribution >= 4 is 17.5 Å². The molecule has 7 nitrogen and oxygen atoms in total. The molecule has 0 bridgehead atoms. The number of hydrazone groups is 1. The third kappa shape index (κ3) is 5.74. The Morgan fingerprint density at radius 2 is 1.76 bits per heavy atom. The predicted octanol–water partition coefficient (Wildman–Crippen LogP) is 3.56. The van der Waals surface area contributed by atoms with Gasteiger partial charge in [0.1, 0.15) is 0 Å². The Labute approximate surface area is 194 Å². The van der Waals surface area contributed by atoms with Crippen molar-refractivity contribution in [3.63, 3.8) is 0 Å². The summed E-state index contributed by atoms with van der Waals surface area (Å²) >= 11 is 0. The van der Waals surface area contributed by atoms with Crippen molar-refractivity contribution in [1.82, 2.24) is 20.1 Å². The Kier molecular flexibility index (Phi) is 6.98. The van der Waals surface area contributed by atoms with Crippen molar-refractivity contribution in [2.75, 3.05) is 13.1 Å². The Hall–Kier alpha value is -3.74. The third-order valence-electron chi connectivity index (χ3n) is 5.69. The van der Waals surface area contributed by atoms with Crippen molar-refractivity contribution in [3.8, 4) is 5.69 Å². The van der Waals surface area contributed by atoms with E-state index in [2.05, 4.69) is 27.6 Å². The van der Waals surface area contributed by atoms with Crippen molar-refractivity contribution in [2.24, 2.45) is 5.10 Å². The van der Waals surface area contributed by atoms with Crippen molar-refractivity contribution < 1.29 is 9.59 Å². The molecule has 0 unspecified atom stereocenters. The Bertz CT molecular complexity index is 1150. The number of benzene rings is 2. The van der Waals surface area contributed by atoms with E-state index in [0.29, 0.717) is 13.1 Å². The van der Waals surface area contributed by atoms with E-state index in [1.807, 2.05) is 67.1 Å². The van der Waals surface area contributed by atoms with E-state index in [-0.39, 0.29) is 24.7 Å². The lowest BCUT2D eigenvalue weighted by atomic mass is 10.1. The lowest BCUT2D eigenvalue weighted by molar-refractivity contribution is -0.133. The first-order chi connectivity index (χ1) is 16.0. The number of hydrogen-bond acceptors (Lipinski definition) is 4. The Balaban J connectivity index is 1.19. The fraction of sp³-hybridized carbons (Fsp3) is 0.308. The molecule has 0 fully saturated rings. The number of nitrogens with one attached hydrogen (secondary N) is 1. The van der Waals surface area contributed by atoms with Crippen LogP contribution in [0.2, 0.25) is 0 Å². The van der Waals surface area contributed by atoms with E-state index in [9.17, 15) is 9.59 Å². The number of hydrogen-bond donors (Lipinski definition) is 1. The quantitative estimate of drug-likeness (QED) is 0.578.